The molecule has 1 aliphatic rings. The van der Waals surface area contributed by atoms with E-state index in [0.717, 1.165) is 12.1 Å². The third kappa shape index (κ3) is 3.21. The zero-order valence-electron chi connectivity index (χ0n) is 9.92. The highest BCUT2D eigenvalue weighted by molar-refractivity contribution is 6.31. The predicted octanol–water partition coefficient (Wildman–Crippen LogP) is 1.60. The number of ether oxygens (including phenoxy) is 1. The van der Waals surface area contributed by atoms with Gasteiger partial charge in [0.2, 0.25) is 0 Å². The molecule has 1 aromatic carbocycles. The molecule has 96 valence electrons. The molecule has 0 aromatic heterocycles. The van der Waals surface area contributed by atoms with E-state index in [1.165, 1.54) is 0 Å². The Hall–Kier alpha value is -1.12. The summed E-state index contributed by atoms with van der Waals surface area (Å²) < 4.78 is 5.26. The second-order valence-corrected chi connectivity index (χ2v) is 4.69. The van der Waals surface area contributed by atoms with E-state index in [9.17, 15) is 5.11 Å². The van der Waals surface area contributed by atoms with Gasteiger partial charge in [-0.05, 0) is 6.07 Å². The van der Waals surface area contributed by atoms with E-state index in [0.29, 0.717) is 24.7 Å². The lowest BCUT2D eigenvalue weighted by atomic mass is 10.1. The number of hydrogen-bond acceptors (Lipinski definition) is 4. The van der Waals surface area contributed by atoms with Crippen LogP contribution in [0.2, 0.25) is 5.02 Å². The van der Waals surface area contributed by atoms with E-state index in [1.807, 2.05) is 23.1 Å². The summed E-state index contributed by atoms with van der Waals surface area (Å²) in [5, 5.41) is 19.5. The summed E-state index contributed by atoms with van der Waals surface area (Å²) in [4.78, 5) is 2.02. The first-order valence-corrected chi connectivity index (χ1v) is 6.24. The minimum atomic E-state index is -0.642. The number of morpholine rings is 1. The molecule has 0 bridgehead atoms. The first-order valence-electron chi connectivity index (χ1n) is 5.87. The second-order valence-electron chi connectivity index (χ2n) is 4.29. The number of halogens is 1. The average Bonchev–Trinajstić information content (AvgIpc) is 2.39. The largest absolute Gasteiger partial charge is 0.387 e. The Morgan fingerprint density at radius 3 is 3.06 bits per heavy atom. The summed E-state index contributed by atoms with van der Waals surface area (Å²) in [5.41, 5.74) is 0.721. The van der Waals surface area contributed by atoms with Crippen molar-refractivity contribution in [3.63, 3.8) is 0 Å². The third-order valence-electron chi connectivity index (χ3n) is 2.99. The molecule has 0 saturated carbocycles. The second kappa shape index (κ2) is 6.17. The maximum atomic E-state index is 10.2. The Morgan fingerprint density at radius 1 is 1.56 bits per heavy atom. The average molecular weight is 267 g/mol. The van der Waals surface area contributed by atoms with Crippen molar-refractivity contribution >= 4 is 11.6 Å². The van der Waals surface area contributed by atoms with Crippen LogP contribution in [0.5, 0.6) is 0 Å². The van der Waals surface area contributed by atoms with Crippen LogP contribution in [0.1, 0.15) is 11.7 Å². The number of nitrogens with zero attached hydrogens (tertiary/aromatic N) is 2. The SMILES string of the molecule is N#CC1CN(CC(O)c2ccccc2Cl)CCO1. The van der Waals surface area contributed by atoms with Gasteiger partial charge in [-0.15, -0.1) is 0 Å². The van der Waals surface area contributed by atoms with Crippen LogP contribution in [0, 0.1) is 11.3 Å². The highest BCUT2D eigenvalue weighted by atomic mass is 35.5. The lowest BCUT2D eigenvalue weighted by Gasteiger charge is -2.31. The first-order chi connectivity index (χ1) is 8.70. The zero-order chi connectivity index (χ0) is 13.0. The van der Waals surface area contributed by atoms with Crippen LogP contribution in [0.15, 0.2) is 24.3 Å². The van der Waals surface area contributed by atoms with Gasteiger partial charge in [0.15, 0.2) is 6.10 Å². The maximum Gasteiger partial charge on any atom is 0.156 e. The standard InChI is InChI=1S/C13H15ClN2O2/c14-12-4-2-1-3-11(12)13(17)9-16-5-6-18-10(7-15)8-16/h1-4,10,13,17H,5-6,8-9H2. The van der Waals surface area contributed by atoms with Gasteiger partial charge in [-0.25, -0.2) is 0 Å². The van der Waals surface area contributed by atoms with Gasteiger partial charge in [-0.3, -0.25) is 4.90 Å². The minimum Gasteiger partial charge on any atom is -0.387 e. The van der Waals surface area contributed by atoms with E-state index in [-0.39, 0.29) is 0 Å². The summed E-state index contributed by atoms with van der Waals surface area (Å²) in [6.07, 6.45) is -1.05. The van der Waals surface area contributed by atoms with E-state index in [4.69, 9.17) is 21.6 Å². The molecule has 1 aliphatic heterocycles. The van der Waals surface area contributed by atoms with Crippen molar-refractivity contribution in [3.05, 3.63) is 34.9 Å². The monoisotopic (exact) mass is 266 g/mol. The van der Waals surface area contributed by atoms with Gasteiger partial charge < -0.3 is 9.84 Å². The molecule has 2 rings (SSSR count). The van der Waals surface area contributed by atoms with Crippen molar-refractivity contribution < 1.29 is 9.84 Å². The van der Waals surface area contributed by atoms with Crippen LogP contribution in [-0.2, 0) is 4.74 Å². The van der Waals surface area contributed by atoms with Crippen molar-refractivity contribution in [2.75, 3.05) is 26.2 Å². The van der Waals surface area contributed by atoms with Crippen molar-refractivity contribution in [2.24, 2.45) is 0 Å². The molecule has 0 spiro atoms. The summed E-state index contributed by atoms with van der Waals surface area (Å²) in [7, 11) is 0. The smallest absolute Gasteiger partial charge is 0.156 e. The van der Waals surface area contributed by atoms with Crippen LogP contribution in [-0.4, -0.2) is 42.4 Å². The Morgan fingerprint density at radius 2 is 2.33 bits per heavy atom. The summed E-state index contributed by atoms with van der Waals surface area (Å²) >= 11 is 6.04. The molecule has 1 aromatic rings. The van der Waals surface area contributed by atoms with E-state index in [1.54, 1.807) is 6.07 Å². The van der Waals surface area contributed by atoms with Gasteiger partial charge >= 0.3 is 0 Å². The molecular weight excluding hydrogens is 252 g/mol. The van der Waals surface area contributed by atoms with Gasteiger partial charge in [0.05, 0.1) is 18.8 Å². The quantitative estimate of drug-likeness (QED) is 0.903. The highest BCUT2D eigenvalue weighted by Gasteiger charge is 2.23. The molecule has 0 aliphatic carbocycles. The van der Waals surface area contributed by atoms with E-state index >= 15 is 0 Å². The van der Waals surface area contributed by atoms with Gasteiger partial charge in [0, 0.05) is 30.2 Å². The van der Waals surface area contributed by atoms with Crippen molar-refractivity contribution in [1.82, 2.24) is 4.90 Å². The molecule has 1 N–H and O–H groups in total. The van der Waals surface area contributed by atoms with Crippen molar-refractivity contribution in [3.8, 4) is 6.07 Å². The van der Waals surface area contributed by atoms with Crippen LogP contribution in [0.25, 0.3) is 0 Å². The van der Waals surface area contributed by atoms with Gasteiger partial charge in [-0.1, -0.05) is 29.8 Å². The van der Waals surface area contributed by atoms with Crippen LogP contribution in [0.4, 0.5) is 0 Å². The fraction of sp³-hybridized carbons (Fsp3) is 0.462. The zero-order valence-corrected chi connectivity index (χ0v) is 10.7. The fourth-order valence-electron chi connectivity index (χ4n) is 2.03. The maximum absolute atomic E-state index is 10.2. The topological polar surface area (TPSA) is 56.5 Å². The molecule has 0 amide bonds. The number of hydrogen-bond donors (Lipinski definition) is 1. The number of nitriles is 1. The van der Waals surface area contributed by atoms with E-state index < -0.39 is 12.2 Å². The summed E-state index contributed by atoms with van der Waals surface area (Å²) in [6.45, 7) is 2.23. The molecule has 4 nitrogen and oxygen atoms in total. The first kappa shape index (κ1) is 13.3. The third-order valence-corrected chi connectivity index (χ3v) is 3.33. The molecule has 1 fully saturated rings. The number of aliphatic hydroxyl groups excluding tert-OH is 1. The summed E-state index contributed by atoms with van der Waals surface area (Å²) in [6, 6.07) is 9.34. The normalized spacial score (nSPS) is 22.4. The van der Waals surface area contributed by atoms with Crippen molar-refractivity contribution in [2.45, 2.75) is 12.2 Å². The summed E-state index contributed by atoms with van der Waals surface area (Å²) in [5.74, 6) is 0. The Kier molecular flexibility index (Phi) is 4.56. The molecule has 18 heavy (non-hydrogen) atoms. The van der Waals surface area contributed by atoms with Gasteiger partial charge in [0.1, 0.15) is 0 Å². The highest BCUT2D eigenvalue weighted by Crippen LogP contribution is 2.23. The molecule has 2 atom stereocenters. The van der Waals surface area contributed by atoms with Gasteiger partial charge in [0.25, 0.3) is 0 Å². The predicted molar refractivity (Wildman–Crippen MR) is 68.2 cm³/mol. The minimum absolute atomic E-state index is 0.405. The van der Waals surface area contributed by atoms with Crippen LogP contribution in [0.3, 0.4) is 0 Å². The van der Waals surface area contributed by atoms with Gasteiger partial charge in [-0.2, -0.15) is 5.26 Å². The number of aliphatic hydroxyl groups is 1. The lowest BCUT2D eigenvalue weighted by molar-refractivity contribution is -0.0159. The van der Waals surface area contributed by atoms with E-state index in [2.05, 4.69) is 6.07 Å². The molecule has 1 heterocycles. The molecule has 2 unspecified atom stereocenters. The molecule has 5 heteroatoms. The Balaban J connectivity index is 1.97. The number of benzene rings is 1. The van der Waals surface area contributed by atoms with Crippen LogP contribution < -0.4 is 0 Å². The Labute approximate surface area is 111 Å². The Bertz CT molecular complexity index is 447. The van der Waals surface area contributed by atoms with Crippen LogP contribution >= 0.6 is 11.6 Å². The fourth-order valence-corrected chi connectivity index (χ4v) is 2.30. The van der Waals surface area contributed by atoms with Crippen molar-refractivity contribution in [1.29, 1.82) is 5.26 Å². The molecular formula is C13H15ClN2O2. The number of β-amino-alcohol motifs (C(OH)–C–C–N with tert-alkyl or cyclic N) is 1. The molecule has 0 radical (unpaired) electrons. The number of rotatable bonds is 3. The molecule has 1 saturated heterocycles. The lowest BCUT2D eigenvalue weighted by Crippen LogP contribution is -2.43.